The van der Waals surface area contributed by atoms with E-state index in [0.717, 1.165) is 42.2 Å². The zero-order chi connectivity index (χ0) is 27.9. The summed E-state index contributed by atoms with van der Waals surface area (Å²) in [5, 5.41) is 0. The van der Waals surface area contributed by atoms with Crippen LogP contribution in [0, 0.1) is 5.92 Å². The van der Waals surface area contributed by atoms with Crippen LogP contribution in [0.25, 0.3) is 11.0 Å². The molecule has 4 rings (SSSR count). The van der Waals surface area contributed by atoms with Crippen molar-refractivity contribution in [3.05, 3.63) is 24.0 Å². The Balaban J connectivity index is 1.43. The fourth-order valence-electron chi connectivity index (χ4n) is 5.11. The van der Waals surface area contributed by atoms with E-state index in [0.29, 0.717) is 25.9 Å². The topological polar surface area (TPSA) is 53.8 Å². The molecule has 0 atom stereocenters. The fourth-order valence-corrected chi connectivity index (χ4v) is 5.99. The molecule has 2 fully saturated rings. The lowest BCUT2D eigenvalue weighted by Crippen LogP contribution is -2.48. The van der Waals surface area contributed by atoms with E-state index in [-0.39, 0.29) is 30.3 Å². The number of carbonyl (C=O) groups is 1. The van der Waals surface area contributed by atoms with Crippen LogP contribution in [0.1, 0.15) is 73.1 Å². The third-order valence-electron chi connectivity index (χ3n) is 7.17. The Morgan fingerprint density at radius 3 is 2.32 bits per heavy atom. The number of amides is 1. The van der Waals surface area contributed by atoms with Crippen molar-refractivity contribution in [2.75, 3.05) is 37.5 Å². The molecule has 1 saturated carbocycles. The van der Waals surface area contributed by atoms with E-state index in [2.05, 4.69) is 52.1 Å². The maximum Gasteiger partial charge on any atom is 0.410 e. The van der Waals surface area contributed by atoms with Crippen molar-refractivity contribution in [1.29, 1.82) is 0 Å². The van der Waals surface area contributed by atoms with Gasteiger partial charge in [0, 0.05) is 70.2 Å². The van der Waals surface area contributed by atoms with Crippen molar-refractivity contribution < 1.29 is 18.3 Å². The van der Waals surface area contributed by atoms with Gasteiger partial charge in [0.25, 0.3) is 0 Å². The van der Waals surface area contributed by atoms with Gasteiger partial charge < -0.3 is 18.5 Å². The van der Waals surface area contributed by atoms with Crippen molar-refractivity contribution >= 4 is 34.9 Å². The highest BCUT2D eigenvalue weighted by molar-refractivity contribution is 7.98. The van der Waals surface area contributed by atoms with Crippen LogP contribution in [0.4, 0.5) is 19.3 Å². The van der Waals surface area contributed by atoms with E-state index >= 15 is 0 Å². The third-order valence-corrected chi connectivity index (χ3v) is 8.22. The van der Waals surface area contributed by atoms with Crippen molar-refractivity contribution in [1.82, 2.24) is 18.8 Å². The highest BCUT2D eigenvalue weighted by Gasteiger charge is 2.36. The second kappa shape index (κ2) is 10.8. The van der Waals surface area contributed by atoms with Crippen molar-refractivity contribution in [3.63, 3.8) is 0 Å². The summed E-state index contributed by atoms with van der Waals surface area (Å²) < 4.78 is 39.6. The summed E-state index contributed by atoms with van der Waals surface area (Å²) >= 11 is 1.64. The van der Waals surface area contributed by atoms with Gasteiger partial charge >= 0.3 is 6.09 Å². The lowest BCUT2D eigenvalue weighted by atomic mass is 9.86. The van der Waals surface area contributed by atoms with Crippen molar-refractivity contribution in [2.24, 2.45) is 5.92 Å². The minimum absolute atomic E-state index is 0.0205. The Morgan fingerprint density at radius 2 is 1.74 bits per heavy atom. The zero-order valence-electron chi connectivity index (χ0n) is 23.9. The number of anilines is 1. The predicted molar refractivity (Wildman–Crippen MR) is 151 cm³/mol. The third kappa shape index (κ3) is 7.11. The fraction of sp³-hybridized carbons (Fsp3) is 0.714. The SMILES string of the molecule is CN(SN1CCN(C(=O)OC(C)(C)C)CC1)c1ccc2c(c1)nc(C(C)(C)C)n2CC1CCC(F)(F)CC1. The van der Waals surface area contributed by atoms with Crippen LogP contribution >= 0.6 is 12.1 Å². The number of carbonyl (C=O) groups excluding carboxylic acids is 1. The van der Waals surface area contributed by atoms with Crippen molar-refractivity contribution in [3.8, 4) is 0 Å². The van der Waals surface area contributed by atoms with Gasteiger partial charge in [-0.25, -0.2) is 22.9 Å². The number of imidazole rings is 1. The Kier molecular flexibility index (Phi) is 8.25. The van der Waals surface area contributed by atoms with Gasteiger partial charge in [0.2, 0.25) is 5.92 Å². The number of piperazine rings is 1. The average molecular weight is 552 g/mol. The largest absolute Gasteiger partial charge is 0.444 e. The van der Waals surface area contributed by atoms with Crippen LogP contribution in [0.3, 0.4) is 0 Å². The molecule has 2 aliphatic rings. The van der Waals surface area contributed by atoms with Gasteiger partial charge in [0.1, 0.15) is 11.4 Å². The number of alkyl halides is 2. The standard InChI is InChI=1S/C28H43F2N5O2S/c1-26(2,3)24-31-22-18-21(8-9-23(22)35(24)19-20-10-12-28(29,30)13-11-20)32(7)38-34-16-14-33(15-17-34)25(36)37-27(4,5)6/h8-9,18,20H,10-17,19H2,1-7H3. The first-order valence-electron chi connectivity index (χ1n) is 13.6. The summed E-state index contributed by atoms with van der Waals surface area (Å²) in [5.74, 6) is -1.28. The molecule has 0 N–H and O–H groups in total. The second-order valence-electron chi connectivity index (χ2n) is 12.7. The highest BCUT2D eigenvalue weighted by atomic mass is 32.2. The number of fused-ring (bicyclic) bond motifs is 1. The number of rotatable bonds is 5. The van der Waals surface area contributed by atoms with Gasteiger partial charge in [-0.1, -0.05) is 20.8 Å². The van der Waals surface area contributed by atoms with Crippen LogP contribution < -0.4 is 4.31 Å². The molecule has 1 aromatic heterocycles. The number of ether oxygens (including phenoxy) is 1. The molecule has 0 bridgehead atoms. The quantitative estimate of drug-likeness (QED) is 0.385. The molecule has 38 heavy (non-hydrogen) atoms. The Bertz CT molecular complexity index is 1120. The average Bonchev–Trinajstić information content (AvgIpc) is 3.18. The van der Waals surface area contributed by atoms with Gasteiger partial charge in [-0.15, -0.1) is 0 Å². The lowest BCUT2D eigenvalue weighted by Gasteiger charge is -2.36. The molecule has 1 aliphatic heterocycles. The summed E-state index contributed by atoms with van der Waals surface area (Å²) in [6.07, 6.45) is 0.804. The Labute approximate surface area is 230 Å². The second-order valence-corrected chi connectivity index (χ2v) is 14.0. The summed E-state index contributed by atoms with van der Waals surface area (Å²) in [5.41, 5.74) is 2.37. The number of aromatic nitrogens is 2. The number of hydrogen-bond donors (Lipinski definition) is 0. The van der Waals surface area contributed by atoms with Gasteiger partial charge in [-0.05, 0) is 57.7 Å². The monoisotopic (exact) mass is 551 g/mol. The minimum atomic E-state index is -2.51. The molecule has 212 valence electrons. The Morgan fingerprint density at radius 1 is 1.11 bits per heavy atom. The maximum atomic E-state index is 13.7. The molecule has 2 heterocycles. The van der Waals surface area contributed by atoms with Gasteiger partial charge in [0.15, 0.2) is 0 Å². The molecule has 7 nitrogen and oxygen atoms in total. The van der Waals surface area contributed by atoms with Crippen molar-refractivity contribution in [2.45, 2.75) is 90.7 Å². The molecule has 1 saturated heterocycles. The van der Waals surface area contributed by atoms with E-state index < -0.39 is 11.5 Å². The van der Waals surface area contributed by atoms with Gasteiger partial charge in [-0.2, -0.15) is 0 Å². The van der Waals surface area contributed by atoms with Crippen LogP contribution in [-0.2, 0) is 16.7 Å². The van der Waals surface area contributed by atoms with E-state index in [9.17, 15) is 13.6 Å². The number of hydrogen-bond acceptors (Lipinski definition) is 6. The summed E-state index contributed by atoms with van der Waals surface area (Å²) in [7, 11) is 2.04. The van der Waals surface area contributed by atoms with E-state index in [4.69, 9.17) is 9.72 Å². The number of benzene rings is 1. The lowest BCUT2D eigenvalue weighted by molar-refractivity contribution is -0.0473. The number of halogens is 2. The van der Waals surface area contributed by atoms with E-state index in [1.54, 1.807) is 17.0 Å². The van der Waals surface area contributed by atoms with Crippen LogP contribution in [0.2, 0.25) is 0 Å². The van der Waals surface area contributed by atoms with Gasteiger partial charge in [-0.3, -0.25) is 0 Å². The molecular formula is C28H43F2N5O2S. The first-order valence-corrected chi connectivity index (χ1v) is 14.4. The smallest absolute Gasteiger partial charge is 0.410 e. The molecule has 10 heteroatoms. The molecule has 0 spiro atoms. The predicted octanol–water partition coefficient (Wildman–Crippen LogP) is 6.71. The molecule has 1 amide bonds. The maximum absolute atomic E-state index is 13.7. The van der Waals surface area contributed by atoms with Crippen LogP contribution in [-0.4, -0.2) is 69.6 Å². The van der Waals surface area contributed by atoms with E-state index in [1.807, 2.05) is 27.8 Å². The Hall–Kier alpha value is -2.07. The molecule has 0 radical (unpaired) electrons. The normalized spacial score (nSPS) is 19.7. The van der Waals surface area contributed by atoms with Gasteiger partial charge in [0.05, 0.1) is 16.7 Å². The zero-order valence-corrected chi connectivity index (χ0v) is 24.7. The molecule has 0 unspecified atom stereocenters. The van der Waals surface area contributed by atoms with Crippen LogP contribution in [0.5, 0.6) is 0 Å². The molecule has 2 aromatic rings. The molecular weight excluding hydrogens is 508 g/mol. The summed E-state index contributed by atoms with van der Waals surface area (Å²) in [6, 6.07) is 6.33. The number of nitrogens with zero attached hydrogens (tertiary/aromatic N) is 5. The van der Waals surface area contributed by atoms with E-state index in [1.165, 1.54) is 0 Å². The highest BCUT2D eigenvalue weighted by Crippen LogP contribution is 2.38. The first kappa shape index (κ1) is 28.9. The minimum Gasteiger partial charge on any atom is -0.444 e. The van der Waals surface area contributed by atoms with Crippen LogP contribution in [0.15, 0.2) is 18.2 Å². The first-order chi connectivity index (χ1) is 17.6. The summed E-state index contributed by atoms with van der Waals surface area (Å²) in [6.45, 7) is 15.6. The molecule has 1 aliphatic carbocycles. The molecule has 1 aromatic carbocycles. The summed E-state index contributed by atoms with van der Waals surface area (Å²) in [4.78, 5) is 19.2.